The van der Waals surface area contributed by atoms with Crippen LogP contribution in [0.3, 0.4) is 0 Å². The van der Waals surface area contributed by atoms with Crippen molar-refractivity contribution in [1.29, 1.82) is 0 Å². The maximum Gasteiger partial charge on any atom is 0.416 e. The van der Waals surface area contributed by atoms with Crippen LogP contribution in [0.15, 0.2) is 49.3 Å². The molecule has 27 heavy (non-hydrogen) atoms. The molecule has 138 valence electrons. The zero-order valence-corrected chi connectivity index (χ0v) is 14.6. The number of ether oxygens (including phenoxy) is 1. The van der Waals surface area contributed by atoms with Gasteiger partial charge >= 0.3 is 6.18 Å². The minimum Gasteiger partial charge on any atom is -0.481 e. The fourth-order valence-corrected chi connectivity index (χ4v) is 2.42. The molecule has 0 aliphatic rings. The van der Waals surface area contributed by atoms with Crippen LogP contribution in [0.2, 0.25) is 0 Å². The molecule has 1 aromatic carbocycles. The molecule has 0 aliphatic heterocycles. The first-order valence-electron chi connectivity index (χ1n) is 7.87. The fraction of sp³-hybridized carbons (Fsp3) is 0.158. The molecule has 5 nitrogen and oxygen atoms in total. The van der Waals surface area contributed by atoms with Gasteiger partial charge in [0.25, 0.3) is 0 Å². The average Bonchev–Trinajstić information content (AvgIpc) is 2.66. The van der Waals surface area contributed by atoms with E-state index < -0.39 is 11.7 Å². The van der Waals surface area contributed by atoms with Crippen molar-refractivity contribution in [2.24, 2.45) is 0 Å². The van der Waals surface area contributed by atoms with Crippen molar-refractivity contribution in [2.45, 2.75) is 13.1 Å². The lowest BCUT2D eigenvalue weighted by Crippen LogP contribution is -2.04. The van der Waals surface area contributed by atoms with Crippen molar-refractivity contribution in [1.82, 2.24) is 19.9 Å². The highest BCUT2D eigenvalue weighted by atomic mass is 19.4. The Morgan fingerprint density at radius 2 is 1.70 bits per heavy atom. The Morgan fingerprint density at radius 3 is 2.33 bits per heavy atom. The van der Waals surface area contributed by atoms with Crippen LogP contribution in [0.5, 0.6) is 5.88 Å². The lowest BCUT2D eigenvalue weighted by molar-refractivity contribution is -0.137. The molecule has 0 saturated heterocycles. The molecule has 2 heterocycles. The van der Waals surface area contributed by atoms with Gasteiger partial charge in [0.1, 0.15) is 11.5 Å². The molecule has 3 aromatic rings. The van der Waals surface area contributed by atoms with E-state index in [1.165, 1.54) is 31.6 Å². The quantitative estimate of drug-likeness (QED) is 0.682. The zero-order chi connectivity index (χ0) is 19.6. The summed E-state index contributed by atoms with van der Waals surface area (Å²) in [5.41, 5.74) is 1.69. The number of rotatable bonds is 4. The lowest BCUT2D eigenvalue weighted by Gasteiger charge is -2.10. The predicted octanol–water partition coefficient (Wildman–Crippen LogP) is 4.33. The summed E-state index contributed by atoms with van der Waals surface area (Å²) in [6.07, 6.45) is -1.36. The van der Waals surface area contributed by atoms with Crippen LogP contribution in [0.1, 0.15) is 22.6 Å². The van der Waals surface area contributed by atoms with Gasteiger partial charge in [-0.15, -0.1) is 0 Å². The molecular formula is C19H15F3N4O. The van der Waals surface area contributed by atoms with E-state index in [0.29, 0.717) is 39.9 Å². The Bertz CT molecular complexity index is 985. The molecule has 0 saturated carbocycles. The molecule has 0 fully saturated rings. The molecule has 0 spiro atoms. The summed E-state index contributed by atoms with van der Waals surface area (Å²) < 4.78 is 43.3. The van der Waals surface area contributed by atoms with Gasteiger partial charge in [-0.1, -0.05) is 18.7 Å². The monoisotopic (exact) mass is 372 g/mol. The highest BCUT2D eigenvalue weighted by Crippen LogP contribution is 2.31. The van der Waals surface area contributed by atoms with Crippen LogP contribution in [-0.4, -0.2) is 27.0 Å². The third kappa shape index (κ3) is 4.11. The molecule has 3 rings (SSSR count). The van der Waals surface area contributed by atoms with Crippen molar-refractivity contribution in [3.63, 3.8) is 0 Å². The second-order valence-electron chi connectivity index (χ2n) is 5.69. The minimum absolute atomic E-state index is 0.395. The summed E-state index contributed by atoms with van der Waals surface area (Å²) in [7, 11) is 1.50. The van der Waals surface area contributed by atoms with Gasteiger partial charge in [-0.05, 0) is 24.6 Å². The second kappa shape index (κ2) is 7.14. The normalized spacial score (nSPS) is 11.3. The van der Waals surface area contributed by atoms with Gasteiger partial charge in [-0.25, -0.2) is 9.97 Å². The SMILES string of the molecule is C=C(c1ccc(C(F)(F)F)cc1)c1cncc(-c2cc(OC)nc(C)n2)n1. The molecule has 0 amide bonds. The largest absolute Gasteiger partial charge is 0.481 e. The smallest absolute Gasteiger partial charge is 0.416 e. The van der Waals surface area contributed by atoms with E-state index in [-0.39, 0.29) is 0 Å². The molecule has 0 aliphatic carbocycles. The van der Waals surface area contributed by atoms with Gasteiger partial charge in [-0.2, -0.15) is 18.2 Å². The molecule has 0 atom stereocenters. The highest BCUT2D eigenvalue weighted by Gasteiger charge is 2.30. The topological polar surface area (TPSA) is 60.8 Å². The molecular weight excluding hydrogens is 357 g/mol. The van der Waals surface area contributed by atoms with E-state index in [2.05, 4.69) is 26.5 Å². The van der Waals surface area contributed by atoms with Crippen LogP contribution < -0.4 is 4.74 Å². The number of aryl methyl sites for hydroxylation is 1. The van der Waals surface area contributed by atoms with Crippen LogP contribution in [-0.2, 0) is 6.18 Å². The number of hydrogen-bond donors (Lipinski definition) is 0. The van der Waals surface area contributed by atoms with Crippen molar-refractivity contribution in [3.05, 3.63) is 71.9 Å². The summed E-state index contributed by atoms with van der Waals surface area (Å²) in [6.45, 7) is 5.66. The summed E-state index contributed by atoms with van der Waals surface area (Å²) >= 11 is 0. The van der Waals surface area contributed by atoms with Crippen LogP contribution >= 0.6 is 0 Å². The summed E-state index contributed by atoms with van der Waals surface area (Å²) in [4.78, 5) is 17.1. The Labute approximate surface area is 153 Å². The van der Waals surface area contributed by atoms with E-state index >= 15 is 0 Å². The number of halogens is 3. The zero-order valence-electron chi connectivity index (χ0n) is 14.6. The van der Waals surface area contributed by atoms with E-state index in [1.54, 1.807) is 13.0 Å². The van der Waals surface area contributed by atoms with Gasteiger partial charge in [0.05, 0.1) is 36.5 Å². The van der Waals surface area contributed by atoms with Gasteiger partial charge in [0.15, 0.2) is 0 Å². The molecule has 0 N–H and O–H groups in total. The van der Waals surface area contributed by atoms with Gasteiger partial charge in [-0.3, -0.25) is 4.98 Å². The van der Waals surface area contributed by atoms with Crippen molar-refractivity contribution in [2.75, 3.05) is 7.11 Å². The van der Waals surface area contributed by atoms with Crippen LogP contribution in [0, 0.1) is 6.92 Å². The van der Waals surface area contributed by atoms with Crippen molar-refractivity contribution in [3.8, 4) is 17.3 Å². The first-order valence-corrected chi connectivity index (χ1v) is 7.87. The van der Waals surface area contributed by atoms with Crippen molar-refractivity contribution >= 4 is 5.57 Å². The van der Waals surface area contributed by atoms with Crippen molar-refractivity contribution < 1.29 is 17.9 Å². The Kier molecular flexibility index (Phi) is 4.89. The van der Waals surface area contributed by atoms with E-state index in [4.69, 9.17) is 4.74 Å². The predicted molar refractivity (Wildman–Crippen MR) is 93.9 cm³/mol. The Morgan fingerprint density at radius 1 is 1.00 bits per heavy atom. The fourth-order valence-electron chi connectivity index (χ4n) is 2.42. The molecule has 0 radical (unpaired) electrons. The number of alkyl halides is 3. The number of benzene rings is 1. The van der Waals surface area contributed by atoms with Gasteiger partial charge in [0, 0.05) is 11.6 Å². The van der Waals surface area contributed by atoms with Crippen LogP contribution in [0.25, 0.3) is 17.0 Å². The lowest BCUT2D eigenvalue weighted by atomic mass is 10.0. The van der Waals surface area contributed by atoms with E-state index in [1.807, 2.05) is 0 Å². The summed E-state index contributed by atoms with van der Waals surface area (Å²) in [5.74, 6) is 0.907. The van der Waals surface area contributed by atoms with E-state index in [9.17, 15) is 13.2 Å². The molecule has 0 unspecified atom stereocenters. The van der Waals surface area contributed by atoms with Crippen LogP contribution in [0.4, 0.5) is 13.2 Å². The number of nitrogens with zero attached hydrogens (tertiary/aromatic N) is 4. The summed E-state index contributed by atoms with van der Waals surface area (Å²) in [5, 5.41) is 0. The van der Waals surface area contributed by atoms with Gasteiger partial charge < -0.3 is 4.74 Å². The number of hydrogen-bond acceptors (Lipinski definition) is 5. The standard InChI is InChI=1S/C19H15F3N4O/c1-11(13-4-6-14(7-5-13)19(20,21)22)16-9-23-10-17(26-16)15-8-18(27-3)25-12(2)24-15/h4-10H,1H2,2-3H3. The molecule has 0 bridgehead atoms. The maximum atomic E-state index is 12.7. The first-order chi connectivity index (χ1) is 12.8. The maximum absolute atomic E-state index is 12.7. The number of aromatic nitrogens is 4. The van der Waals surface area contributed by atoms with E-state index in [0.717, 1.165) is 12.1 Å². The van der Waals surface area contributed by atoms with Gasteiger partial charge in [0.2, 0.25) is 5.88 Å². The minimum atomic E-state index is -4.39. The third-order valence-corrected chi connectivity index (χ3v) is 3.79. The molecule has 2 aromatic heterocycles. The highest BCUT2D eigenvalue weighted by molar-refractivity contribution is 5.76. The number of methoxy groups -OCH3 is 1. The Hall–Kier alpha value is -3.29. The Balaban J connectivity index is 1.93. The summed E-state index contributed by atoms with van der Waals surface area (Å²) in [6, 6.07) is 6.36. The second-order valence-corrected chi connectivity index (χ2v) is 5.69. The first kappa shape index (κ1) is 18.5. The average molecular weight is 372 g/mol. The third-order valence-electron chi connectivity index (χ3n) is 3.79. The molecule has 8 heteroatoms.